The first-order valence-electron chi connectivity index (χ1n) is 11.7. The second-order valence-corrected chi connectivity index (χ2v) is 8.60. The van der Waals surface area contributed by atoms with Gasteiger partial charge < -0.3 is 14.3 Å². The molecule has 2 heterocycles. The number of allylic oxidation sites excluding steroid dienone is 1. The highest BCUT2D eigenvalue weighted by atomic mass is 35.5. The fraction of sp³-hybridized carbons (Fsp3) is 0.320. The topological polar surface area (TPSA) is 111 Å². The van der Waals surface area contributed by atoms with E-state index in [0.717, 1.165) is 25.4 Å². The van der Waals surface area contributed by atoms with E-state index in [4.69, 9.17) is 31.3 Å². The third-order valence-electron chi connectivity index (χ3n) is 5.00. The monoisotopic (exact) mass is 585 g/mol. The first-order valence-corrected chi connectivity index (χ1v) is 12.6. The molecule has 1 unspecified atom stereocenters. The predicted octanol–water partition coefficient (Wildman–Crippen LogP) is 5.78. The Morgan fingerprint density at radius 3 is 2.67 bits per heavy atom. The van der Waals surface area contributed by atoms with E-state index in [9.17, 15) is 18.0 Å². The van der Waals surface area contributed by atoms with Crippen molar-refractivity contribution in [2.75, 3.05) is 20.3 Å². The molecule has 210 valence electrons. The minimum absolute atomic E-state index is 0.0685. The normalized spacial score (nSPS) is 13.6. The maximum absolute atomic E-state index is 14.9. The van der Waals surface area contributed by atoms with Crippen molar-refractivity contribution in [3.8, 4) is 0 Å². The summed E-state index contributed by atoms with van der Waals surface area (Å²) in [7, 11) is 2.43. The number of hydrogen-bond donors (Lipinski definition) is 1. The Labute approximate surface area is 231 Å². The minimum Gasteiger partial charge on any atom is -0.478 e. The molecule has 1 aliphatic rings. The van der Waals surface area contributed by atoms with Crippen LogP contribution in [-0.2, 0) is 24.8 Å². The number of aromatic nitrogens is 2. The number of alkyl halides is 2. The Hall–Kier alpha value is -3.50. The molecule has 0 radical (unpaired) electrons. The fourth-order valence-electron chi connectivity index (χ4n) is 3.44. The molecule has 2 aromatic rings. The van der Waals surface area contributed by atoms with Crippen molar-refractivity contribution in [1.82, 2.24) is 9.78 Å². The van der Waals surface area contributed by atoms with Gasteiger partial charge in [-0.05, 0) is 25.3 Å². The Bertz CT molecular complexity index is 1320. The van der Waals surface area contributed by atoms with Gasteiger partial charge in [0.25, 0.3) is 0 Å². The van der Waals surface area contributed by atoms with Crippen LogP contribution in [-0.4, -0.2) is 54.3 Å². The Kier molecular flexibility index (Phi) is 11.4. The van der Waals surface area contributed by atoms with Gasteiger partial charge in [-0.25, -0.2) is 18.9 Å². The quantitative estimate of drug-likeness (QED) is 0.132. The van der Waals surface area contributed by atoms with Crippen LogP contribution in [0.1, 0.15) is 44.0 Å². The number of halogens is 4. The van der Waals surface area contributed by atoms with Crippen LogP contribution in [0, 0.1) is 11.2 Å². The average molecular weight is 586 g/mol. The molecule has 9 nitrogen and oxygen atoms in total. The number of methoxy groups -OCH3 is 1. The van der Waals surface area contributed by atoms with E-state index < -0.39 is 35.6 Å². The lowest BCUT2D eigenvalue weighted by molar-refractivity contribution is -0.135. The second-order valence-electron chi connectivity index (χ2n) is 7.47. The molecule has 0 bridgehead atoms. The number of benzene rings is 1. The number of esters is 1. The summed E-state index contributed by atoms with van der Waals surface area (Å²) in [4.78, 5) is 21.7. The maximum Gasteiger partial charge on any atom is 0.340 e. The zero-order valence-electron chi connectivity index (χ0n) is 21.7. The zero-order valence-corrected chi connectivity index (χ0v) is 23.6. The van der Waals surface area contributed by atoms with Crippen molar-refractivity contribution in [2.24, 2.45) is 10.1 Å². The highest BCUT2D eigenvalue weighted by molar-refractivity contribution is 7.17. The first kappa shape index (κ1) is 31.7. The van der Waals surface area contributed by atoms with Crippen LogP contribution in [0.4, 0.5) is 13.2 Å². The van der Waals surface area contributed by atoms with Gasteiger partial charge in [0.2, 0.25) is 5.88 Å². The van der Waals surface area contributed by atoms with Gasteiger partial charge in [0.15, 0.2) is 5.84 Å². The SMILES string of the molecule is C=N/C(=C\C(=N)n1ncc(C2=C(C(=O)OC)C(c3c(F)cccc3Cl)=NOC2)c1C(F)(F)P)OCCC.CC. The largest absolute Gasteiger partial charge is 0.478 e. The average Bonchev–Trinajstić information content (AvgIpc) is 3.37. The van der Waals surface area contributed by atoms with Gasteiger partial charge >= 0.3 is 11.6 Å². The molecule has 14 heteroatoms. The molecule has 0 amide bonds. The Morgan fingerprint density at radius 2 is 2.10 bits per heavy atom. The van der Waals surface area contributed by atoms with E-state index in [1.54, 1.807) is 0 Å². The van der Waals surface area contributed by atoms with E-state index >= 15 is 0 Å². The van der Waals surface area contributed by atoms with Crippen LogP contribution in [0.3, 0.4) is 0 Å². The summed E-state index contributed by atoms with van der Waals surface area (Å²) in [5.74, 6) is -2.41. The number of carbonyl (C=O) groups is 1. The minimum atomic E-state index is -3.64. The number of oxime groups is 1. The number of carbonyl (C=O) groups excluding carboxylic acids is 1. The number of nitrogens with zero attached hydrogens (tertiary/aromatic N) is 4. The maximum atomic E-state index is 14.9. The molecule has 1 aromatic heterocycles. The molecular formula is C25H28ClF3N5O4P. The molecule has 0 spiro atoms. The van der Waals surface area contributed by atoms with Crippen molar-refractivity contribution in [3.05, 3.63) is 69.6 Å². The van der Waals surface area contributed by atoms with E-state index in [0.29, 0.717) is 11.1 Å². The van der Waals surface area contributed by atoms with E-state index in [-0.39, 0.29) is 45.5 Å². The van der Waals surface area contributed by atoms with Crippen molar-refractivity contribution in [1.29, 1.82) is 5.41 Å². The number of nitrogens with one attached hydrogen (secondary N) is 1. The summed E-state index contributed by atoms with van der Waals surface area (Å²) < 4.78 is 55.4. The number of ether oxygens (including phenoxy) is 2. The lowest BCUT2D eigenvalue weighted by Crippen LogP contribution is -2.26. The molecule has 0 saturated carbocycles. The van der Waals surface area contributed by atoms with E-state index in [2.05, 4.69) is 22.0 Å². The molecular weight excluding hydrogens is 558 g/mol. The number of rotatable bonds is 9. The molecule has 1 aliphatic heterocycles. The van der Waals surface area contributed by atoms with Gasteiger partial charge in [0.1, 0.15) is 23.8 Å². The smallest absolute Gasteiger partial charge is 0.340 e. The van der Waals surface area contributed by atoms with Crippen molar-refractivity contribution >= 4 is 50.6 Å². The molecule has 0 fully saturated rings. The van der Waals surface area contributed by atoms with Gasteiger partial charge in [-0.3, -0.25) is 5.41 Å². The second kappa shape index (κ2) is 14.0. The third-order valence-corrected chi connectivity index (χ3v) is 5.59. The molecule has 1 N–H and O–H groups in total. The highest BCUT2D eigenvalue weighted by Gasteiger charge is 2.39. The highest BCUT2D eigenvalue weighted by Crippen LogP contribution is 2.41. The van der Waals surface area contributed by atoms with Crippen molar-refractivity contribution in [2.45, 2.75) is 32.9 Å². The lowest BCUT2D eigenvalue weighted by atomic mass is 9.92. The summed E-state index contributed by atoms with van der Waals surface area (Å²) in [5, 5.41) is 16.0. The Balaban J connectivity index is 0.00000260. The van der Waals surface area contributed by atoms with Crippen LogP contribution in [0.25, 0.3) is 5.57 Å². The number of aliphatic imine (C=N–C) groups is 1. The number of hydrogen-bond acceptors (Lipinski definition) is 8. The molecule has 0 saturated heterocycles. The standard InChI is InChI=1S/C23H22ClF3N5O4P.C2H6/c1-4-8-35-17(29-2)9-16(28)32-21(23(26,27)37)12(10-30-32)13-11-36-31-20(18(13)22(33)34-3)19-14(24)6-5-7-15(19)25;1-2/h5-7,9-10,28H,2,4,8,11,37H2,1,3H3;1-2H3/b17-9+,28-16?;. The predicted molar refractivity (Wildman–Crippen MR) is 147 cm³/mol. The summed E-state index contributed by atoms with van der Waals surface area (Å²) in [5.41, 5.74) is -5.78. The van der Waals surface area contributed by atoms with E-state index in [1.165, 1.54) is 21.4 Å². The van der Waals surface area contributed by atoms with Gasteiger partial charge in [0, 0.05) is 17.2 Å². The fourth-order valence-corrected chi connectivity index (χ4v) is 3.97. The summed E-state index contributed by atoms with van der Waals surface area (Å²) in [6.45, 7) is 9.01. The molecule has 1 atom stereocenters. The van der Waals surface area contributed by atoms with Crippen LogP contribution < -0.4 is 0 Å². The summed E-state index contributed by atoms with van der Waals surface area (Å²) >= 11 is 6.17. The molecule has 1 aromatic carbocycles. The van der Waals surface area contributed by atoms with Gasteiger partial charge in [-0.2, -0.15) is 13.9 Å². The first-order chi connectivity index (χ1) is 18.5. The van der Waals surface area contributed by atoms with Gasteiger partial charge in [0.05, 0.1) is 36.1 Å². The van der Waals surface area contributed by atoms with Gasteiger partial charge in [-0.1, -0.05) is 52.8 Å². The summed E-state index contributed by atoms with van der Waals surface area (Å²) in [6, 6.07) is 3.80. The Morgan fingerprint density at radius 1 is 1.41 bits per heavy atom. The van der Waals surface area contributed by atoms with E-state index in [1.807, 2.05) is 20.8 Å². The van der Waals surface area contributed by atoms with Crippen LogP contribution >= 0.6 is 20.8 Å². The lowest BCUT2D eigenvalue weighted by Gasteiger charge is -2.22. The summed E-state index contributed by atoms with van der Waals surface area (Å²) in [6.07, 6.45) is 2.73. The van der Waals surface area contributed by atoms with Crippen LogP contribution in [0.5, 0.6) is 0 Å². The van der Waals surface area contributed by atoms with Crippen molar-refractivity contribution < 1.29 is 32.3 Å². The molecule has 3 rings (SSSR count). The zero-order chi connectivity index (χ0) is 29.3. The third kappa shape index (κ3) is 7.13. The van der Waals surface area contributed by atoms with Gasteiger partial charge in [-0.15, -0.1) is 0 Å². The van der Waals surface area contributed by atoms with Crippen molar-refractivity contribution in [3.63, 3.8) is 0 Å². The molecule has 39 heavy (non-hydrogen) atoms. The molecule has 0 aliphatic carbocycles. The van der Waals surface area contributed by atoms with Crippen LogP contribution in [0.15, 0.2) is 52.1 Å². The van der Waals surface area contributed by atoms with Crippen LogP contribution in [0.2, 0.25) is 5.02 Å².